The first-order valence-electron chi connectivity index (χ1n) is 11.2. The third-order valence-electron chi connectivity index (χ3n) is 5.93. The van der Waals surface area contributed by atoms with E-state index in [4.69, 9.17) is 0 Å². The number of rotatable bonds is 18. The normalized spacial score (nSPS) is 12.7. The minimum atomic E-state index is -0.927. The molecule has 0 bridgehead atoms. The van der Waals surface area contributed by atoms with Crippen LogP contribution < -0.4 is 0 Å². The Balaban J connectivity index is 4.06. The van der Waals surface area contributed by atoms with Crippen molar-refractivity contribution in [2.75, 3.05) is 24.6 Å². The van der Waals surface area contributed by atoms with Crippen LogP contribution in [0.2, 0.25) is 0 Å². The van der Waals surface area contributed by atoms with Gasteiger partial charge < -0.3 is 0 Å². The molecule has 142 valence electrons. The zero-order chi connectivity index (χ0) is 17.2. The van der Waals surface area contributed by atoms with E-state index < -0.39 is 7.26 Å². The second-order valence-electron chi connectivity index (χ2n) is 7.99. The molecule has 0 spiro atoms. The van der Waals surface area contributed by atoms with Crippen LogP contribution in [-0.4, -0.2) is 24.6 Å². The van der Waals surface area contributed by atoms with Crippen molar-refractivity contribution in [1.29, 1.82) is 0 Å². The monoisotopic (exact) mass is 344 g/mol. The second kappa shape index (κ2) is 17.3. The van der Waals surface area contributed by atoms with E-state index in [0.29, 0.717) is 0 Å². The predicted molar refractivity (Wildman–Crippen MR) is 115 cm³/mol. The summed E-state index contributed by atoms with van der Waals surface area (Å²) in [5.41, 5.74) is 0. The van der Waals surface area contributed by atoms with Gasteiger partial charge in [-0.05, 0) is 0 Å². The molecule has 0 atom stereocenters. The molecule has 0 rings (SSSR count). The van der Waals surface area contributed by atoms with Crippen molar-refractivity contribution < 1.29 is 0 Å². The third kappa shape index (κ3) is 13.4. The molecule has 1 heteroatoms. The van der Waals surface area contributed by atoms with Crippen molar-refractivity contribution in [2.45, 2.75) is 118 Å². The fourth-order valence-corrected chi connectivity index (χ4v) is 8.93. The Kier molecular flexibility index (Phi) is 17.6. The molecule has 0 fully saturated rings. The maximum atomic E-state index is 2.52. The van der Waals surface area contributed by atoms with Gasteiger partial charge in [0.2, 0.25) is 0 Å². The topological polar surface area (TPSA) is 0 Å². The summed E-state index contributed by atoms with van der Waals surface area (Å²) in [7, 11) is -0.927. The quantitative estimate of drug-likeness (QED) is 0.173. The summed E-state index contributed by atoms with van der Waals surface area (Å²) in [4.78, 5) is 0. The van der Waals surface area contributed by atoms with Gasteiger partial charge in [-0.1, -0.05) is 0 Å². The van der Waals surface area contributed by atoms with Crippen LogP contribution in [0.15, 0.2) is 0 Å². The van der Waals surface area contributed by atoms with Gasteiger partial charge in [-0.3, -0.25) is 0 Å². The van der Waals surface area contributed by atoms with E-state index in [2.05, 4.69) is 27.7 Å². The molecule has 0 unspecified atom stereocenters. The molecule has 0 aliphatic rings. The maximum absolute atomic E-state index is 2.52. The fraction of sp³-hybridized carbons (Fsp3) is 1.00. The Labute approximate surface area is 149 Å². The van der Waals surface area contributed by atoms with Gasteiger partial charge in [0.15, 0.2) is 0 Å². The van der Waals surface area contributed by atoms with Crippen molar-refractivity contribution in [1.82, 2.24) is 0 Å². The first-order chi connectivity index (χ1) is 11.2. The van der Waals surface area contributed by atoms with Gasteiger partial charge >= 0.3 is 149 Å². The van der Waals surface area contributed by atoms with Crippen LogP contribution in [0, 0.1) is 0 Å². The molecule has 0 nitrogen and oxygen atoms in total. The summed E-state index contributed by atoms with van der Waals surface area (Å²) in [6.45, 7) is 9.54. The number of unbranched alkanes of at least 4 members (excludes halogenated alkanes) is 11. The van der Waals surface area contributed by atoms with E-state index in [1.54, 1.807) is 37.5 Å². The SMILES string of the molecule is CCCCCCCC[PH](CC)(CCCC)CCCCCCCC. The molecule has 0 saturated heterocycles. The van der Waals surface area contributed by atoms with Gasteiger partial charge in [-0.25, -0.2) is 0 Å². The first kappa shape index (κ1) is 23.4. The van der Waals surface area contributed by atoms with E-state index in [-0.39, 0.29) is 0 Å². The summed E-state index contributed by atoms with van der Waals surface area (Å²) >= 11 is 0. The predicted octanol–water partition coefficient (Wildman–Crippen LogP) is 8.28. The molecule has 0 aliphatic carbocycles. The summed E-state index contributed by atoms with van der Waals surface area (Å²) in [6.07, 6.45) is 27.1. The molecule has 0 aromatic rings. The average Bonchev–Trinajstić information content (AvgIpc) is 2.58. The Hall–Kier alpha value is 0.430. The van der Waals surface area contributed by atoms with E-state index in [1.807, 2.05) is 0 Å². The summed E-state index contributed by atoms with van der Waals surface area (Å²) < 4.78 is 0. The molecule has 0 heterocycles. The minimum absolute atomic E-state index is 0.927. The number of hydrogen-bond acceptors (Lipinski definition) is 0. The van der Waals surface area contributed by atoms with Crippen LogP contribution in [0.3, 0.4) is 0 Å². The number of hydrogen-bond donors (Lipinski definition) is 0. The molecule has 0 saturated carbocycles. The van der Waals surface area contributed by atoms with Crippen molar-refractivity contribution in [3.05, 3.63) is 0 Å². The van der Waals surface area contributed by atoms with Crippen molar-refractivity contribution in [3.8, 4) is 0 Å². The average molecular weight is 345 g/mol. The summed E-state index contributed by atoms with van der Waals surface area (Å²) in [6, 6.07) is 0. The molecule has 0 aliphatic heterocycles. The summed E-state index contributed by atoms with van der Waals surface area (Å²) in [5.74, 6) is 0. The molecule has 0 aromatic carbocycles. The van der Waals surface area contributed by atoms with Crippen LogP contribution in [0.4, 0.5) is 0 Å². The van der Waals surface area contributed by atoms with Crippen molar-refractivity contribution >= 4 is 7.26 Å². The van der Waals surface area contributed by atoms with Crippen LogP contribution in [0.25, 0.3) is 0 Å². The molecule has 0 N–H and O–H groups in total. The van der Waals surface area contributed by atoms with Gasteiger partial charge in [-0.15, -0.1) is 0 Å². The van der Waals surface area contributed by atoms with Crippen LogP contribution in [0.5, 0.6) is 0 Å². The zero-order valence-electron chi connectivity index (χ0n) is 17.2. The van der Waals surface area contributed by atoms with E-state index in [0.717, 1.165) is 0 Å². The molecule has 0 radical (unpaired) electrons. The Bertz CT molecular complexity index is 208. The Morgan fingerprint density at radius 1 is 0.391 bits per heavy atom. The Morgan fingerprint density at radius 3 is 1.13 bits per heavy atom. The van der Waals surface area contributed by atoms with Gasteiger partial charge in [0.25, 0.3) is 0 Å². The standard InChI is InChI=1S/C22H49P/c1-5-9-12-14-16-18-21-23(8-4,20-11-7-3)22-19-17-15-13-10-6-2/h23H,5-22H2,1-4H3. The van der Waals surface area contributed by atoms with Gasteiger partial charge in [-0.2, -0.15) is 0 Å². The molecule has 0 amide bonds. The fourth-order valence-electron chi connectivity index (χ4n) is 4.02. The van der Waals surface area contributed by atoms with E-state index >= 15 is 0 Å². The summed E-state index contributed by atoms with van der Waals surface area (Å²) in [5, 5.41) is 0. The van der Waals surface area contributed by atoms with Crippen molar-refractivity contribution in [3.63, 3.8) is 0 Å². The zero-order valence-corrected chi connectivity index (χ0v) is 18.2. The first-order valence-corrected chi connectivity index (χ1v) is 14.1. The van der Waals surface area contributed by atoms with Gasteiger partial charge in [0.1, 0.15) is 0 Å². The van der Waals surface area contributed by atoms with Crippen LogP contribution >= 0.6 is 7.26 Å². The van der Waals surface area contributed by atoms with Crippen LogP contribution in [0.1, 0.15) is 118 Å². The molecular weight excluding hydrogens is 295 g/mol. The molecule has 0 aromatic heterocycles. The van der Waals surface area contributed by atoms with E-state index in [9.17, 15) is 0 Å². The molecular formula is C22H49P. The molecule has 23 heavy (non-hydrogen) atoms. The van der Waals surface area contributed by atoms with E-state index in [1.165, 1.54) is 77.0 Å². The van der Waals surface area contributed by atoms with Gasteiger partial charge in [0, 0.05) is 0 Å². The third-order valence-corrected chi connectivity index (χ3v) is 11.7. The Morgan fingerprint density at radius 2 is 0.739 bits per heavy atom. The van der Waals surface area contributed by atoms with Crippen LogP contribution in [-0.2, 0) is 0 Å². The van der Waals surface area contributed by atoms with Crippen molar-refractivity contribution in [2.24, 2.45) is 0 Å². The van der Waals surface area contributed by atoms with Gasteiger partial charge in [0.05, 0.1) is 0 Å². The second-order valence-corrected chi connectivity index (χ2v) is 13.2.